The average Bonchev–Trinajstić information content (AvgIpc) is 3.28. The first-order valence-corrected chi connectivity index (χ1v) is 8.68. The van der Waals surface area contributed by atoms with Gasteiger partial charge >= 0.3 is 0 Å². The van der Waals surface area contributed by atoms with E-state index in [0.717, 1.165) is 29.6 Å². The van der Waals surface area contributed by atoms with Crippen molar-refractivity contribution < 1.29 is 4.79 Å². The van der Waals surface area contributed by atoms with Gasteiger partial charge in [-0.3, -0.25) is 9.48 Å². The zero-order valence-electron chi connectivity index (χ0n) is 14.4. The number of carbonyl (C=O) groups is 1. The highest BCUT2D eigenvalue weighted by molar-refractivity contribution is 5.91. The van der Waals surface area contributed by atoms with Crippen LogP contribution in [-0.4, -0.2) is 20.3 Å². The van der Waals surface area contributed by atoms with E-state index in [-0.39, 0.29) is 12.5 Å². The van der Waals surface area contributed by atoms with E-state index >= 15 is 0 Å². The first-order chi connectivity index (χ1) is 12.8. The van der Waals surface area contributed by atoms with Crippen molar-refractivity contribution in [1.29, 1.82) is 0 Å². The van der Waals surface area contributed by atoms with Gasteiger partial charge in [0.1, 0.15) is 6.54 Å². The minimum Gasteiger partial charge on any atom is -0.338 e. The van der Waals surface area contributed by atoms with Gasteiger partial charge < -0.3 is 9.88 Å². The fourth-order valence-electron chi connectivity index (χ4n) is 3.07. The standard InChI is InChI=1S/C21H20N4O/c26-21(16-24-12-11-18-8-4-5-9-20(18)24)23-19-14-22-25(15-19)13-10-17-6-2-1-3-7-17/h1-9,11-12,14-15H,10,13,16H2,(H,23,26). The van der Waals surface area contributed by atoms with Crippen molar-refractivity contribution in [3.8, 4) is 0 Å². The van der Waals surface area contributed by atoms with Gasteiger partial charge in [-0.05, 0) is 29.5 Å². The molecule has 0 unspecified atom stereocenters. The average molecular weight is 344 g/mol. The van der Waals surface area contributed by atoms with Crippen molar-refractivity contribution in [3.63, 3.8) is 0 Å². The van der Waals surface area contributed by atoms with Crippen molar-refractivity contribution in [2.75, 3.05) is 5.32 Å². The molecule has 0 fully saturated rings. The third-order valence-electron chi connectivity index (χ3n) is 4.38. The molecule has 5 heteroatoms. The quantitative estimate of drug-likeness (QED) is 0.579. The second kappa shape index (κ2) is 7.27. The number of anilines is 1. The van der Waals surface area contributed by atoms with Gasteiger partial charge in [0.2, 0.25) is 5.91 Å². The predicted molar refractivity (Wildman–Crippen MR) is 103 cm³/mol. The molecule has 5 nitrogen and oxygen atoms in total. The molecule has 0 radical (unpaired) electrons. The van der Waals surface area contributed by atoms with Gasteiger partial charge in [0.25, 0.3) is 0 Å². The lowest BCUT2D eigenvalue weighted by atomic mass is 10.1. The molecule has 26 heavy (non-hydrogen) atoms. The summed E-state index contributed by atoms with van der Waals surface area (Å²) in [5, 5.41) is 8.38. The first kappa shape index (κ1) is 16.1. The van der Waals surface area contributed by atoms with Crippen LogP contribution in [0.3, 0.4) is 0 Å². The Morgan fingerprint density at radius 1 is 1.00 bits per heavy atom. The van der Waals surface area contributed by atoms with Crippen molar-refractivity contribution in [3.05, 3.63) is 84.8 Å². The Morgan fingerprint density at radius 3 is 2.69 bits per heavy atom. The van der Waals surface area contributed by atoms with Crippen LogP contribution in [0.5, 0.6) is 0 Å². The number of nitrogens with zero attached hydrogens (tertiary/aromatic N) is 3. The summed E-state index contributed by atoms with van der Waals surface area (Å²) in [5.74, 6) is -0.0611. The molecule has 130 valence electrons. The van der Waals surface area contributed by atoms with Crippen LogP contribution in [0.4, 0.5) is 5.69 Å². The van der Waals surface area contributed by atoms with E-state index in [1.165, 1.54) is 5.56 Å². The lowest BCUT2D eigenvalue weighted by Gasteiger charge is -2.06. The van der Waals surface area contributed by atoms with E-state index in [2.05, 4.69) is 22.5 Å². The van der Waals surface area contributed by atoms with E-state index in [1.807, 2.05) is 70.2 Å². The SMILES string of the molecule is O=C(Cn1ccc2ccccc21)Nc1cnn(CCc2ccccc2)c1. The van der Waals surface area contributed by atoms with Gasteiger partial charge in [-0.2, -0.15) is 5.10 Å². The summed E-state index contributed by atoms with van der Waals surface area (Å²) in [5.41, 5.74) is 3.05. The summed E-state index contributed by atoms with van der Waals surface area (Å²) >= 11 is 0. The van der Waals surface area contributed by atoms with E-state index in [9.17, 15) is 4.79 Å². The lowest BCUT2D eigenvalue weighted by Crippen LogP contribution is -2.17. The number of nitrogens with one attached hydrogen (secondary N) is 1. The van der Waals surface area contributed by atoms with Crippen molar-refractivity contribution in [2.45, 2.75) is 19.5 Å². The van der Waals surface area contributed by atoms with E-state index in [1.54, 1.807) is 6.20 Å². The van der Waals surface area contributed by atoms with Gasteiger partial charge in [-0.25, -0.2) is 0 Å². The van der Waals surface area contributed by atoms with Crippen LogP contribution in [0.1, 0.15) is 5.56 Å². The smallest absolute Gasteiger partial charge is 0.244 e. The van der Waals surface area contributed by atoms with Crippen LogP contribution in [0.25, 0.3) is 10.9 Å². The Balaban J connectivity index is 1.35. The second-order valence-corrected chi connectivity index (χ2v) is 6.28. The van der Waals surface area contributed by atoms with E-state index in [4.69, 9.17) is 0 Å². The maximum Gasteiger partial charge on any atom is 0.244 e. The molecule has 4 aromatic rings. The number of amides is 1. The molecule has 4 rings (SSSR count). The van der Waals surface area contributed by atoms with Gasteiger partial charge in [0, 0.05) is 24.5 Å². The highest BCUT2D eigenvalue weighted by Crippen LogP contribution is 2.15. The predicted octanol–water partition coefficient (Wildman–Crippen LogP) is 3.72. The molecule has 0 aliphatic carbocycles. The number of hydrogen-bond donors (Lipinski definition) is 1. The number of para-hydroxylation sites is 1. The third kappa shape index (κ3) is 3.67. The Labute approximate surface area is 151 Å². The van der Waals surface area contributed by atoms with Gasteiger partial charge in [0.05, 0.1) is 11.9 Å². The summed E-state index contributed by atoms with van der Waals surface area (Å²) < 4.78 is 3.80. The molecular formula is C21H20N4O. The molecule has 1 N–H and O–H groups in total. The number of aryl methyl sites for hydroxylation is 2. The molecule has 2 aromatic heterocycles. The van der Waals surface area contributed by atoms with Crippen LogP contribution in [-0.2, 0) is 24.3 Å². The fourth-order valence-corrected chi connectivity index (χ4v) is 3.07. The normalized spacial score (nSPS) is 10.9. The molecule has 2 aromatic carbocycles. The summed E-state index contributed by atoms with van der Waals surface area (Å²) in [6.07, 6.45) is 6.41. The van der Waals surface area contributed by atoms with Crippen molar-refractivity contribution in [2.24, 2.45) is 0 Å². The fraction of sp³-hybridized carbons (Fsp3) is 0.143. The highest BCUT2D eigenvalue weighted by atomic mass is 16.1. The zero-order chi connectivity index (χ0) is 17.8. The molecule has 1 amide bonds. The molecular weight excluding hydrogens is 324 g/mol. The summed E-state index contributed by atoms with van der Waals surface area (Å²) in [7, 11) is 0. The minimum absolute atomic E-state index is 0.0611. The van der Waals surface area contributed by atoms with E-state index < -0.39 is 0 Å². The van der Waals surface area contributed by atoms with Gasteiger partial charge in [0.15, 0.2) is 0 Å². The Morgan fingerprint density at radius 2 is 1.81 bits per heavy atom. The summed E-state index contributed by atoms with van der Waals surface area (Å²) in [4.78, 5) is 12.3. The summed E-state index contributed by atoms with van der Waals surface area (Å²) in [6, 6.07) is 20.4. The molecule has 0 aliphatic heterocycles. The van der Waals surface area contributed by atoms with E-state index in [0.29, 0.717) is 0 Å². The van der Waals surface area contributed by atoms with Crippen LogP contribution in [0, 0.1) is 0 Å². The molecule has 0 bridgehead atoms. The Kier molecular flexibility index (Phi) is 4.51. The maximum atomic E-state index is 12.3. The Hall–Kier alpha value is -3.34. The number of benzene rings is 2. The maximum absolute atomic E-state index is 12.3. The number of rotatable bonds is 6. The molecule has 0 aliphatic rings. The molecule has 2 heterocycles. The molecule has 0 saturated heterocycles. The number of carbonyl (C=O) groups excluding carboxylic acids is 1. The Bertz CT molecular complexity index is 1020. The summed E-state index contributed by atoms with van der Waals surface area (Å²) in [6.45, 7) is 1.06. The second-order valence-electron chi connectivity index (χ2n) is 6.28. The molecule has 0 saturated carbocycles. The number of fused-ring (bicyclic) bond motifs is 1. The zero-order valence-corrected chi connectivity index (χ0v) is 14.4. The largest absolute Gasteiger partial charge is 0.338 e. The van der Waals surface area contributed by atoms with Crippen molar-refractivity contribution >= 4 is 22.5 Å². The minimum atomic E-state index is -0.0611. The number of aromatic nitrogens is 3. The molecule has 0 spiro atoms. The highest BCUT2D eigenvalue weighted by Gasteiger charge is 2.08. The first-order valence-electron chi connectivity index (χ1n) is 8.68. The van der Waals surface area contributed by atoms with Crippen LogP contribution in [0.2, 0.25) is 0 Å². The van der Waals surface area contributed by atoms with Crippen molar-refractivity contribution in [1.82, 2.24) is 14.3 Å². The topological polar surface area (TPSA) is 51.9 Å². The number of hydrogen-bond acceptors (Lipinski definition) is 2. The lowest BCUT2D eigenvalue weighted by molar-refractivity contribution is -0.116. The van der Waals surface area contributed by atoms with Gasteiger partial charge in [-0.1, -0.05) is 48.5 Å². The van der Waals surface area contributed by atoms with Crippen LogP contribution >= 0.6 is 0 Å². The monoisotopic (exact) mass is 344 g/mol. The van der Waals surface area contributed by atoms with Crippen LogP contribution in [0.15, 0.2) is 79.3 Å². The third-order valence-corrected chi connectivity index (χ3v) is 4.38. The van der Waals surface area contributed by atoms with Crippen LogP contribution < -0.4 is 5.32 Å². The molecule has 0 atom stereocenters. The van der Waals surface area contributed by atoms with Gasteiger partial charge in [-0.15, -0.1) is 0 Å².